The highest BCUT2D eigenvalue weighted by Crippen LogP contribution is 2.25. The van der Waals surface area contributed by atoms with E-state index in [1.807, 2.05) is 0 Å². The molecule has 9 heteroatoms. The van der Waals surface area contributed by atoms with Crippen molar-refractivity contribution < 1.29 is 27.1 Å². The van der Waals surface area contributed by atoms with Crippen LogP contribution in [-0.4, -0.2) is 39.7 Å². The average molecular weight is 437 g/mol. The fourth-order valence-electron chi connectivity index (χ4n) is 3.00. The molecule has 162 valence electrons. The summed E-state index contributed by atoms with van der Waals surface area (Å²) in [6.45, 7) is 2.66. The van der Waals surface area contributed by atoms with Crippen molar-refractivity contribution in [1.29, 1.82) is 0 Å². The fourth-order valence-corrected chi connectivity index (χ4v) is 4.08. The molecule has 0 bridgehead atoms. The first-order valence-corrected chi connectivity index (χ1v) is 11.2. The van der Waals surface area contributed by atoms with E-state index in [4.69, 9.17) is 9.47 Å². The molecule has 3 rings (SSSR count). The first kappa shape index (κ1) is 22.2. The third kappa shape index (κ3) is 6.01. The number of nitrogens with one attached hydrogen (secondary N) is 2. The molecule has 1 heterocycles. The van der Waals surface area contributed by atoms with Gasteiger partial charge in [0.15, 0.2) is 0 Å². The van der Waals surface area contributed by atoms with Gasteiger partial charge in [-0.1, -0.05) is 12.1 Å². The Kier molecular flexibility index (Phi) is 7.41. The predicted octanol–water partition coefficient (Wildman–Crippen LogP) is 3.54. The molecule has 2 N–H and O–H groups in total. The Morgan fingerprint density at radius 1 is 1.17 bits per heavy atom. The monoisotopic (exact) mass is 436 g/mol. The number of halogens is 1. The van der Waals surface area contributed by atoms with E-state index < -0.39 is 27.9 Å². The number of benzene rings is 2. The quantitative estimate of drug-likeness (QED) is 0.660. The smallest absolute Gasteiger partial charge is 0.261 e. The van der Waals surface area contributed by atoms with E-state index in [0.717, 1.165) is 31.4 Å². The van der Waals surface area contributed by atoms with Crippen molar-refractivity contribution in [2.45, 2.75) is 43.3 Å². The van der Waals surface area contributed by atoms with E-state index in [-0.39, 0.29) is 22.4 Å². The van der Waals surface area contributed by atoms with Crippen LogP contribution in [-0.2, 0) is 24.3 Å². The molecular weight excluding hydrogens is 411 g/mol. The molecule has 2 aromatic rings. The molecule has 7 nitrogen and oxygen atoms in total. The molecule has 2 unspecified atom stereocenters. The summed E-state index contributed by atoms with van der Waals surface area (Å²) in [7, 11) is -3.95. The van der Waals surface area contributed by atoms with Gasteiger partial charge >= 0.3 is 0 Å². The van der Waals surface area contributed by atoms with E-state index in [1.165, 1.54) is 18.2 Å². The normalized spacial score (nSPS) is 17.9. The molecule has 1 saturated heterocycles. The number of hydrogen-bond acceptors (Lipinski definition) is 5. The third-order valence-corrected chi connectivity index (χ3v) is 6.11. The molecule has 2 atom stereocenters. The molecule has 0 radical (unpaired) electrons. The van der Waals surface area contributed by atoms with Gasteiger partial charge in [-0.3, -0.25) is 9.52 Å². The number of ether oxygens (including phenoxy) is 2. The Labute approximate surface area is 175 Å². The van der Waals surface area contributed by atoms with Crippen LogP contribution in [0.4, 0.5) is 15.8 Å². The second-order valence-electron chi connectivity index (χ2n) is 7.06. The van der Waals surface area contributed by atoms with Crippen molar-refractivity contribution in [3.63, 3.8) is 0 Å². The number of para-hydroxylation sites is 2. The van der Waals surface area contributed by atoms with Crippen molar-refractivity contribution in [3.8, 4) is 0 Å². The number of amides is 1. The van der Waals surface area contributed by atoms with Crippen LogP contribution in [0.3, 0.4) is 0 Å². The van der Waals surface area contributed by atoms with Gasteiger partial charge in [-0.15, -0.1) is 0 Å². The Balaban J connectivity index is 1.64. The van der Waals surface area contributed by atoms with Gasteiger partial charge in [0.1, 0.15) is 11.9 Å². The molecule has 1 amide bonds. The second kappa shape index (κ2) is 10.0. The topological polar surface area (TPSA) is 93.7 Å². The van der Waals surface area contributed by atoms with Crippen LogP contribution in [0.5, 0.6) is 0 Å². The van der Waals surface area contributed by atoms with Crippen molar-refractivity contribution in [1.82, 2.24) is 0 Å². The lowest BCUT2D eigenvalue weighted by Crippen LogP contribution is -2.33. The lowest BCUT2D eigenvalue weighted by Gasteiger charge is -2.24. The molecule has 1 aliphatic rings. The first-order chi connectivity index (χ1) is 14.3. The fraction of sp³-hybridized carbons (Fsp3) is 0.381. The molecule has 2 aromatic carbocycles. The summed E-state index contributed by atoms with van der Waals surface area (Å²) in [6, 6.07) is 10.9. The van der Waals surface area contributed by atoms with E-state index >= 15 is 0 Å². The lowest BCUT2D eigenvalue weighted by molar-refractivity contribution is -0.130. The van der Waals surface area contributed by atoms with Gasteiger partial charge < -0.3 is 14.8 Å². The number of rotatable bonds is 8. The minimum Gasteiger partial charge on any atom is -0.376 e. The Hall–Kier alpha value is -2.49. The summed E-state index contributed by atoms with van der Waals surface area (Å²) in [5.41, 5.74) is 0.482. The Morgan fingerprint density at radius 2 is 1.87 bits per heavy atom. The van der Waals surface area contributed by atoms with Gasteiger partial charge in [0, 0.05) is 6.61 Å². The largest absolute Gasteiger partial charge is 0.376 e. The molecule has 0 spiro atoms. The van der Waals surface area contributed by atoms with Crippen molar-refractivity contribution >= 4 is 27.3 Å². The highest BCUT2D eigenvalue weighted by Gasteiger charge is 2.21. The summed E-state index contributed by atoms with van der Waals surface area (Å²) in [4.78, 5) is 12.4. The van der Waals surface area contributed by atoms with Gasteiger partial charge in [0.05, 0.1) is 29.0 Å². The summed E-state index contributed by atoms with van der Waals surface area (Å²) in [6.07, 6.45) is 2.27. The maximum absolute atomic E-state index is 13.1. The zero-order valence-electron chi connectivity index (χ0n) is 16.6. The highest BCUT2D eigenvalue weighted by atomic mass is 32.2. The van der Waals surface area contributed by atoms with Crippen LogP contribution in [0, 0.1) is 5.82 Å². The van der Waals surface area contributed by atoms with Gasteiger partial charge in [-0.25, -0.2) is 12.8 Å². The Morgan fingerprint density at radius 3 is 2.53 bits per heavy atom. The van der Waals surface area contributed by atoms with E-state index in [2.05, 4.69) is 10.0 Å². The van der Waals surface area contributed by atoms with Crippen molar-refractivity contribution in [3.05, 3.63) is 54.3 Å². The molecule has 30 heavy (non-hydrogen) atoms. The molecular formula is C21H25FN2O5S. The van der Waals surface area contributed by atoms with Crippen LogP contribution in [0.2, 0.25) is 0 Å². The second-order valence-corrected chi connectivity index (χ2v) is 8.74. The zero-order chi connectivity index (χ0) is 21.6. The summed E-state index contributed by atoms with van der Waals surface area (Å²) in [5.74, 6) is -0.937. The molecule has 0 saturated carbocycles. The van der Waals surface area contributed by atoms with Crippen LogP contribution in [0.1, 0.15) is 26.2 Å². The van der Waals surface area contributed by atoms with Crippen LogP contribution in [0.25, 0.3) is 0 Å². The van der Waals surface area contributed by atoms with Crippen molar-refractivity contribution in [2.24, 2.45) is 0 Å². The van der Waals surface area contributed by atoms with E-state index in [1.54, 1.807) is 25.1 Å². The first-order valence-electron chi connectivity index (χ1n) is 9.76. The minimum absolute atomic E-state index is 0.0104. The standard InChI is InChI=1S/C21H25FN2O5S/c1-15(29-14-17-6-4-5-13-28-17)21(25)23-19-7-2-3-8-20(19)24-30(26,27)18-11-9-16(22)10-12-18/h2-3,7-12,15,17,24H,4-6,13-14H2,1H3,(H,23,25). The Bertz CT molecular complexity index is 960. The van der Waals surface area contributed by atoms with E-state index in [0.29, 0.717) is 13.2 Å². The van der Waals surface area contributed by atoms with Gasteiger partial charge in [0.25, 0.3) is 15.9 Å². The maximum Gasteiger partial charge on any atom is 0.261 e. The van der Waals surface area contributed by atoms with Gasteiger partial charge in [-0.05, 0) is 62.6 Å². The lowest BCUT2D eigenvalue weighted by atomic mass is 10.1. The van der Waals surface area contributed by atoms with Crippen LogP contribution >= 0.6 is 0 Å². The summed E-state index contributed by atoms with van der Waals surface area (Å²) >= 11 is 0. The number of sulfonamides is 1. The maximum atomic E-state index is 13.1. The number of carbonyl (C=O) groups is 1. The number of anilines is 2. The molecule has 1 aliphatic heterocycles. The summed E-state index contributed by atoms with van der Waals surface area (Å²) in [5, 5.41) is 2.69. The molecule has 1 fully saturated rings. The number of hydrogen-bond donors (Lipinski definition) is 2. The van der Waals surface area contributed by atoms with Crippen molar-refractivity contribution in [2.75, 3.05) is 23.3 Å². The number of carbonyl (C=O) groups excluding carboxylic acids is 1. The average Bonchev–Trinajstić information content (AvgIpc) is 2.74. The predicted molar refractivity (Wildman–Crippen MR) is 111 cm³/mol. The minimum atomic E-state index is -3.95. The van der Waals surface area contributed by atoms with Crippen LogP contribution in [0.15, 0.2) is 53.4 Å². The third-order valence-electron chi connectivity index (χ3n) is 4.73. The SMILES string of the molecule is CC(OCC1CCCCO1)C(=O)Nc1ccccc1NS(=O)(=O)c1ccc(F)cc1. The molecule has 0 aliphatic carbocycles. The highest BCUT2D eigenvalue weighted by molar-refractivity contribution is 7.92. The zero-order valence-corrected chi connectivity index (χ0v) is 17.5. The summed E-state index contributed by atoms with van der Waals surface area (Å²) < 4.78 is 51.9. The van der Waals surface area contributed by atoms with Gasteiger partial charge in [-0.2, -0.15) is 0 Å². The molecule has 0 aromatic heterocycles. The van der Waals surface area contributed by atoms with Gasteiger partial charge in [0.2, 0.25) is 0 Å². The van der Waals surface area contributed by atoms with Crippen LogP contribution < -0.4 is 10.0 Å². The van der Waals surface area contributed by atoms with E-state index in [9.17, 15) is 17.6 Å².